The van der Waals surface area contributed by atoms with Gasteiger partial charge in [0.1, 0.15) is 0 Å². The molecule has 1 aromatic rings. The maximum absolute atomic E-state index is 4.08. The van der Waals surface area contributed by atoms with Gasteiger partial charge < -0.3 is 0 Å². The average molecular weight is 212 g/mol. The molecular formula is C16H20. The van der Waals surface area contributed by atoms with Crippen LogP contribution in [-0.2, 0) is 6.42 Å². The van der Waals surface area contributed by atoms with E-state index in [4.69, 9.17) is 0 Å². The van der Waals surface area contributed by atoms with Crippen molar-refractivity contribution < 1.29 is 0 Å². The third kappa shape index (κ3) is 3.23. The zero-order valence-electron chi connectivity index (χ0n) is 10.2. The summed E-state index contributed by atoms with van der Waals surface area (Å²) in [4.78, 5) is 0. The molecule has 0 heterocycles. The van der Waals surface area contributed by atoms with Crippen molar-refractivity contribution in [3.8, 4) is 0 Å². The van der Waals surface area contributed by atoms with Crippen molar-refractivity contribution in [2.75, 3.05) is 0 Å². The Kier molecular flexibility index (Phi) is 5.35. The summed E-state index contributed by atoms with van der Waals surface area (Å²) in [6.45, 7) is 8.08. The Morgan fingerprint density at radius 3 is 2.62 bits per heavy atom. The second-order valence-corrected chi connectivity index (χ2v) is 3.51. The average Bonchev–Trinajstić information content (AvgIpc) is 2.44. The first kappa shape index (κ1) is 12.5. The van der Waals surface area contributed by atoms with Crippen LogP contribution in [0, 0.1) is 0 Å². The van der Waals surface area contributed by atoms with Crippen LogP contribution in [0.4, 0.5) is 0 Å². The van der Waals surface area contributed by atoms with Gasteiger partial charge in [-0.1, -0.05) is 69.0 Å². The van der Waals surface area contributed by atoms with E-state index in [2.05, 4.69) is 55.1 Å². The van der Waals surface area contributed by atoms with Crippen LogP contribution < -0.4 is 0 Å². The van der Waals surface area contributed by atoms with Crippen LogP contribution in [0.3, 0.4) is 0 Å². The Morgan fingerprint density at radius 1 is 1.06 bits per heavy atom. The number of aryl methyl sites for hydroxylation is 1. The summed E-state index contributed by atoms with van der Waals surface area (Å²) in [5.41, 5.74) is 3.79. The van der Waals surface area contributed by atoms with Crippen LogP contribution in [0.2, 0.25) is 0 Å². The first-order valence-electron chi connectivity index (χ1n) is 5.98. The van der Waals surface area contributed by atoms with E-state index in [0.717, 1.165) is 18.4 Å². The van der Waals surface area contributed by atoms with E-state index in [1.165, 1.54) is 11.1 Å². The van der Waals surface area contributed by atoms with Crippen molar-refractivity contribution in [1.29, 1.82) is 0 Å². The van der Waals surface area contributed by atoms with Crippen LogP contribution >= 0.6 is 0 Å². The largest absolute Gasteiger partial charge is 0.0911 e. The number of rotatable bonds is 0. The molecule has 0 nitrogen and oxygen atoms in total. The van der Waals surface area contributed by atoms with Gasteiger partial charge in [0.05, 0.1) is 0 Å². The lowest BCUT2D eigenvalue weighted by Crippen LogP contribution is -1.90. The van der Waals surface area contributed by atoms with Gasteiger partial charge >= 0.3 is 0 Å². The highest BCUT2D eigenvalue weighted by Crippen LogP contribution is 2.21. The molecule has 1 aliphatic carbocycles. The van der Waals surface area contributed by atoms with Gasteiger partial charge in [-0.15, -0.1) is 0 Å². The number of allylic oxidation sites excluding steroid dienone is 5. The zero-order valence-corrected chi connectivity index (χ0v) is 10.2. The second-order valence-electron chi connectivity index (χ2n) is 3.51. The van der Waals surface area contributed by atoms with Crippen LogP contribution in [0.5, 0.6) is 0 Å². The van der Waals surface area contributed by atoms with Gasteiger partial charge in [0.25, 0.3) is 0 Å². The highest BCUT2D eigenvalue weighted by Gasteiger charge is 2.02. The Balaban J connectivity index is 0.000000606. The van der Waals surface area contributed by atoms with Gasteiger partial charge in [-0.25, -0.2) is 0 Å². The maximum Gasteiger partial charge on any atom is -0.0158 e. The molecule has 0 atom stereocenters. The van der Waals surface area contributed by atoms with E-state index >= 15 is 0 Å². The molecule has 0 radical (unpaired) electrons. The van der Waals surface area contributed by atoms with E-state index in [1.54, 1.807) is 0 Å². The summed E-state index contributed by atoms with van der Waals surface area (Å²) in [5, 5.41) is 0. The van der Waals surface area contributed by atoms with Gasteiger partial charge in [0, 0.05) is 0 Å². The molecule has 2 rings (SSSR count). The summed E-state index contributed by atoms with van der Waals surface area (Å²) >= 11 is 0. The Bertz CT molecular complexity index is 394. The third-order valence-corrected chi connectivity index (χ3v) is 2.49. The molecule has 0 fully saturated rings. The SMILES string of the molecule is C=C1/C=C\C=C/CCc2ccccc21.CC. The standard InChI is InChI=1S/C14H14.C2H6/c1-12-8-4-2-3-5-9-13-10-6-7-11-14(12)13;1-2/h2-4,6-8,10-11H,1,5,9H2;1-2H3/b3-2-,8-4-;. The van der Waals surface area contributed by atoms with E-state index in [-0.39, 0.29) is 0 Å². The molecule has 1 aromatic carbocycles. The fourth-order valence-corrected chi connectivity index (χ4v) is 1.73. The maximum atomic E-state index is 4.08. The Morgan fingerprint density at radius 2 is 1.81 bits per heavy atom. The minimum absolute atomic E-state index is 1.10. The molecule has 0 saturated carbocycles. The lowest BCUT2D eigenvalue weighted by atomic mass is 9.98. The molecule has 0 saturated heterocycles. The van der Waals surface area contributed by atoms with Gasteiger partial charge in [0.15, 0.2) is 0 Å². The molecule has 0 heteroatoms. The quantitative estimate of drug-likeness (QED) is 0.580. The zero-order chi connectivity index (χ0) is 11.8. The summed E-state index contributed by atoms with van der Waals surface area (Å²) in [6, 6.07) is 8.50. The first-order valence-corrected chi connectivity index (χ1v) is 5.98. The topological polar surface area (TPSA) is 0 Å². The van der Waals surface area contributed by atoms with E-state index in [1.807, 2.05) is 13.8 Å². The van der Waals surface area contributed by atoms with Crippen molar-refractivity contribution in [2.24, 2.45) is 0 Å². The number of benzene rings is 1. The van der Waals surface area contributed by atoms with Gasteiger partial charge in [0.2, 0.25) is 0 Å². The van der Waals surface area contributed by atoms with Gasteiger partial charge in [-0.3, -0.25) is 0 Å². The fourth-order valence-electron chi connectivity index (χ4n) is 1.73. The van der Waals surface area contributed by atoms with Crippen LogP contribution in [-0.4, -0.2) is 0 Å². The smallest absolute Gasteiger partial charge is 0.0158 e. The molecule has 0 aliphatic heterocycles. The molecular weight excluding hydrogens is 192 g/mol. The predicted octanol–water partition coefficient (Wildman–Crippen LogP) is 4.78. The molecule has 84 valence electrons. The molecule has 0 unspecified atom stereocenters. The van der Waals surface area contributed by atoms with Crippen LogP contribution in [0.15, 0.2) is 55.1 Å². The Hall–Kier alpha value is -1.56. The highest BCUT2D eigenvalue weighted by molar-refractivity contribution is 5.74. The summed E-state index contributed by atoms with van der Waals surface area (Å²) in [5.74, 6) is 0. The summed E-state index contributed by atoms with van der Waals surface area (Å²) in [7, 11) is 0. The first-order chi connectivity index (χ1) is 7.88. The molecule has 1 aliphatic rings. The molecule has 0 bridgehead atoms. The molecule has 0 N–H and O–H groups in total. The molecule has 0 spiro atoms. The van der Waals surface area contributed by atoms with Crippen molar-refractivity contribution in [3.63, 3.8) is 0 Å². The monoisotopic (exact) mass is 212 g/mol. The van der Waals surface area contributed by atoms with Crippen molar-refractivity contribution in [3.05, 3.63) is 66.3 Å². The number of fused-ring (bicyclic) bond motifs is 1. The second kappa shape index (κ2) is 6.84. The molecule has 0 amide bonds. The number of hydrogen-bond donors (Lipinski definition) is 0. The predicted molar refractivity (Wildman–Crippen MR) is 73.4 cm³/mol. The highest BCUT2D eigenvalue weighted by atomic mass is 14.1. The van der Waals surface area contributed by atoms with E-state index in [0.29, 0.717) is 0 Å². The van der Waals surface area contributed by atoms with Crippen molar-refractivity contribution >= 4 is 5.57 Å². The van der Waals surface area contributed by atoms with Gasteiger partial charge in [-0.05, 0) is 29.5 Å². The van der Waals surface area contributed by atoms with Crippen LogP contribution in [0.25, 0.3) is 5.57 Å². The minimum atomic E-state index is 1.10. The molecule has 0 aromatic heterocycles. The van der Waals surface area contributed by atoms with Crippen molar-refractivity contribution in [1.82, 2.24) is 0 Å². The summed E-state index contributed by atoms with van der Waals surface area (Å²) in [6.07, 6.45) is 10.6. The minimum Gasteiger partial charge on any atom is -0.0911 e. The Labute approximate surface area is 99.0 Å². The number of hydrogen-bond acceptors (Lipinski definition) is 0. The van der Waals surface area contributed by atoms with Gasteiger partial charge in [-0.2, -0.15) is 0 Å². The van der Waals surface area contributed by atoms with E-state index < -0.39 is 0 Å². The van der Waals surface area contributed by atoms with Crippen molar-refractivity contribution in [2.45, 2.75) is 26.7 Å². The molecule has 16 heavy (non-hydrogen) atoms. The van der Waals surface area contributed by atoms with Crippen LogP contribution in [0.1, 0.15) is 31.4 Å². The fraction of sp³-hybridized carbons (Fsp3) is 0.250. The normalized spacial score (nSPS) is 18.0. The lowest BCUT2D eigenvalue weighted by molar-refractivity contribution is 0.998. The summed E-state index contributed by atoms with van der Waals surface area (Å²) < 4.78 is 0. The third-order valence-electron chi connectivity index (χ3n) is 2.49. The lowest BCUT2D eigenvalue weighted by Gasteiger charge is -2.07. The van der Waals surface area contributed by atoms with E-state index in [9.17, 15) is 0 Å².